The van der Waals surface area contributed by atoms with Gasteiger partial charge in [0.1, 0.15) is 0 Å². The minimum absolute atomic E-state index is 0.637. The predicted molar refractivity (Wildman–Crippen MR) is 54.2 cm³/mol. The van der Waals surface area contributed by atoms with Crippen LogP contribution in [0.5, 0.6) is 0 Å². The van der Waals surface area contributed by atoms with Crippen LogP contribution in [0.2, 0.25) is 0 Å². The number of thioether (sulfide) groups is 1. The first-order valence-corrected chi connectivity index (χ1v) is 5.99. The van der Waals surface area contributed by atoms with Gasteiger partial charge in [-0.1, -0.05) is 33.1 Å². The maximum atomic E-state index is 2.38. The second-order valence-corrected chi connectivity index (χ2v) is 5.21. The number of hydrogen-bond donors (Lipinski definition) is 0. The van der Waals surface area contributed by atoms with Crippen molar-refractivity contribution in [1.29, 1.82) is 0 Å². The summed E-state index contributed by atoms with van der Waals surface area (Å²) in [6, 6.07) is 0. The van der Waals surface area contributed by atoms with Gasteiger partial charge in [-0.2, -0.15) is 11.8 Å². The Morgan fingerprint density at radius 3 is 1.91 bits per heavy atom. The molecule has 0 radical (unpaired) electrons. The monoisotopic (exact) mass is 172 g/mol. The Morgan fingerprint density at radius 2 is 1.64 bits per heavy atom. The average Bonchev–Trinajstić information content (AvgIpc) is 2.05. The van der Waals surface area contributed by atoms with Crippen LogP contribution in [0.3, 0.4) is 0 Å². The van der Waals surface area contributed by atoms with E-state index in [-0.39, 0.29) is 0 Å². The van der Waals surface area contributed by atoms with Crippen molar-refractivity contribution in [3.05, 3.63) is 0 Å². The fraction of sp³-hybridized carbons (Fsp3) is 1.00. The van der Waals surface area contributed by atoms with Gasteiger partial charge in [-0.05, 0) is 25.0 Å². The van der Waals surface area contributed by atoms with E-state index in [1.165, 1.54) is 32.1 Å². The van der Waals surface area contributed by atoms with Gasteiger partial charge in [0.25, 0.3) is 0 Å². The zero-order chi connectivity index (χ0) is 8.32. The molecule has 0 bridgehead atoms. The molecule has 0 N–H and O–H groups in total. The highest BCUT2D eigenvalue weighted by Crippen LogP contribution is 2.43. The molecule has 0 aromatic rings. The fourth-order valence-electron chi connectivity index (χ4n) is 2.17. The van der Waals surface area contributed by atoms with E-state index >= 15 is 0 Å². The minimum Gasteiger partial charge on any atom is -0.158 e. The van der Waals surface area contributed by atoms with E-state index in [0.29, 0.717) is 4.75 Å². The van der Waals surface area contributed by atoms with E-state index in [0.717, 1.165) is 5.92 Å². The topological polar surface area (TPSA) is 0 Å². The molecule has 1 rings (SSSR count). The van der Waals surface area contributed by atoms with Crippen molar-refractivity contribution in [2.75, 3.05) is 6.26 Å². The first kappa shape index (κ1) is 9.44. The van der Waals surface area contributed by atoms with Crippen LogP contribution in [0.1, 0.15) is 46.0 Å². The van der Waals surface area contributed by atoms with Crippen molar-refractivity contribution in [2.24, 2.45) is 5.92 Å². The van der Waals surface area contributed by atoms with Crippen LogP contribution in [-0.2, 0) is 0 Å². The summed E-state index contributed by atoms with van der Waals surface area (Å²) in [6.07, 6.45) is 9.57. The van der Waals surface area contributed by atoms with Crippen LogP contribution >= 0.6 is 11.8 Å². The largest absolute Gasteiger partial charge is 0.158 e. The predicted octanol–water partition coefficient (Wildman–Crippen LogP) is 3.71. The molecule has 1 heteroatoms. The lowest BCUT2D eigenvalue weighted by molar-refractivity contribution is 0.320. The van der Waals surface area contributed by atoms with Gasteiger partial charge in [0, 0.05) is 4.75 Å². The van der Waals surface area contributed by atoms with Crippen LogP contribution in [0, 0.1) is 5.92 Å². The highest BCUT2D eigenvalue weighted by Gasteiger charge is 2.33. The summed E-state index contributed by atoms with van der Waals surface area (Å²) in [5.41, 5.74) is 0. The van der Waals surface area contributed by atoms with Crippen molar-refractivity contribution in [3.8, 4) is 0 Å². The lowest BCUT2D eigenvalue weighted by atomic mass is 9.81. The van der Waals surface area contributed by atoms with Crippen molar-refractivity contribution < 1.29 is 0 Å². The summed E-state index contributed by atoms with van der Waals surface area (Å²) < 4.78 is 0.637. The van der Waals surface area contributed by atoms with Gasteiger partial charge in [0.05, 0.1) is 0 Å². The Morgan fingerprint density at radius 1 is 1.09 bits per heavy atom. The highest BCUT2D eigenvalue weighted by molar-refractivity contribution is 8.00. The second-order valence-electron chi connectivity index (χ2n) is 3.98. The fourth-order valence-corrected chi connectivity index (χ4v) is 3.34. The Labute approximate surface area is 75.1 Å². The van der Waals surface area contributed by atoms with E-state index in [9.17, 15) is 0 Å². The zero-order valence-electron chi connectivity index (χ0n) is 8.02. The van der Waals surface area contributed by atoms with Crippen LogP contribution < -0.4 is 0 Å². The van der Waals surface area contributed by atoms with Crippen molar-refractivity contribution in [2.45, 2.75) is 50.7 Å². The number of hydrogen-bond acceptors (Lipinski definition) is 1. The van der Waals surface area contributed by atoms with E-state index in [2.05, 4.69) is 31.9 Å². The lowest BCUT2D eigenvalue weighted by Gasteiger charge is -2.39. The smallest absolute Gasteiger partial charge is 0.0180 e. The summed E-state index contributed by atoms with van der Waals surface area (Å²) in [7, 11) is 0. The molecule has 1 fully saturated rings. The van der Waals surface area contributed by atoms with Gasteiger partial charge in [0.15, 0.2) is 0 Å². The van der Waals surface area contributed by atoms with E-state index in [1.807, 2.05) is 0 Å². The molecule has 0 amide bonds. The second kappa shape index (κ2) is 3.84. The lowest BCUT2D eigenvalue weighted by Crippen LogP contribution is -2.33. The summed E-state index contributed by atoms with van der Waals surface area (Å²) >= 11 is 2.10. The molecule has 0 unspecified atom stereocenters. The molecule has 0 heterocycles. The summed E-state index contributed by atoms with van der Waals surface area (Å²) in [5, 5.41) is 0. The van der Waals surface area contributed by atoms with Crippen LogP contribution in [0.25, 0.3) is 0 Å². The normalized spacial score (nSPS) is 24.0. The molecule has 11 heavy (non-hydrogen) atoms. The average molecular weight is 172 g/mol. The van der Waals surface area contributed by atoms with Gasteiger partial charge in [-0.25, -0.2) is 0 Å². The van der Waals surface area contributed by atoms with E-state index in [1.54, 1.807) is 0 Å². The molecular weight excluding hydrogens is 152 g/mol. The maximum Gasteiger partial charge on any atom is 0.0180 e. The molecule has 0 aliphatic heterocycles. The first-order valence-electron chi connectivity index (χ1n) is 4.76. The third-order valence-corrected chi connectivity index (χ3v) is 4.85. The summed E-state index contributed by atoms with van der Waals surface area (Å²) in [4.78, 5) is 0. The van der Waals surface area contributed by atoms with E-state index < -0.39 is 0 Å². The molecular formula is C10H20S. The molecule has 0 saturated heterocycles. The van der Waals surface area contributed by atoms with Crippen molar-refractivity contribution >= 4 is 11.8 Å². The molecule has 66 valence electrons. The standard InChI is InChI=1S/C10H20S/c1-9(2)10(11-3)7-5-4-6-8-10/h9H,4-8H2,1-3H3. The molecule has 1 aliphatic carbocycles. The van der Waals surface area contributed by atoms with Crippen LogP contribution in [-0.4, -0.2) is 11.0 Å². The molecule has 0 spiro atoms. The van der Waals surface area contributed by atoms with Gasteiger partial charge >= 0.3 is 0 Å². The molecule has 0 aromatic carbocycles. The quantitative estimate of drug-likeness (QED) is 0.612. The van der Waals surface area contributed by atoms with Gasteiger partial charge in [-0.3, -0.25) is 0 Å². The first-order chi connectivity index (χ1) is 5.21. The third-order valence-electron chi connectivity index (χ3n) is 3.16. The molecule has 0 atom stereocenters. The SMILES string of the molecule is CSC1(C(C)C)CCCCC1. The van der Waals surface area contributed by atoms with Gasteiger partial charge in [-0.15, -0.1) is 0 Å². The molecule has 1 aliphatic rings. The molecule has 0 nitrogen and oxygen atoms in total. The highest BCUT2D eigenvalue weighted by atomic mass is 32.2. The Kier molecular flexibility index (Phi) is 3.29. The Bertz CT molecular complexity index is 112. The Hall–Kier alpha value is 0.350. The Balaban J connectivity index is 2.57. The zero-order valence-corrected chi connectivity index (χ0v) is 8.84. The van der Waals surface area contributed by atoms with Crippen LogP contribution in [0.15, 0.2) is 0 Å². The van der Waals surface area contributed by atoms with Crippen LogP contribution in [0.4, 0.5) is 0 Å². The third kappa shape index (κ3) is 1.93. The minimum atomic E-state index is 0.637. The summed E-state index contributed by atoms with van der Waals surface area (Å²) in [6.45, 7) is 4.75. The van der Waals surface area contributed by atoms with Crippen molar-refractivity contribution in [3.63, 3.8) is 0 Å². The van der Waals surface area contributed by atoms with Crippen molar-refractivity contribution in [1.82, 2.24) is 0 Å². The van der Waals surface area contributed by atoms with E-state index in [4.69, 9.17) is 0 Å². The van der Waals surface area contributed by atoms with Gasteiger partial charge < -0.3 is 0 Å². The van der Waals surface area contributed by atoms with Gasteiger partial charge in [0.2, 0.25) is 0 Å². The maximum absolute atomic E-state index is 2.38. The number of rotatable bonds is 2. The summed E-state index contributed by atoms with van der Waals surface area (Å²) in [5.74, 6) is 0.859. The molecule has 0 aromatic heterocycles. The molecule has 1 saturated carbocycles.